The number of benzene rings is 1. The van der Waals surface area contributed by atoms with Gasteiger partial charge in [0.2, 0.25) is 6.10 Å². The van der Waals surface area contributed by atoms with Gasteiger partial charge in [0.1, 0.15) is 17.1 Å². The minimum Gasteiger partial charge on any atom is -0.478 e. The standard InChI is InChI=1S/C20H14F4N2O3/c21-18(22)14-10-12(8-9-25-14)13-6-7-15(16(26-13)19(23)24)29-17(20(27)28)11-4-2-1-3-5-11/h1-10,17-19H,(H,27,28)/t17-/m0/s1. The first-order valence-corrected chi connectivity index (χ1v) is 8.34. The van der Waals surface area contributed by atoms with Crippen molar-refractivity contribution in [2.45, 2.75) is 19.0 Å². The number of rotatable bonds is 7. The monoisotopic (exact) mass is 406 g/mol. The molecule has 0 unspecified atom stereocenters. The van der Waals surface area contributed by atoms with E-state index in [-0.39, 0.29) is 16.8 Å². The Kier molecular flexibility index (Phi) is 6.06. The molecule has 1 N–H and O–H groups in total. The Bertz CT molecular complexity index is 1000. The number of carboxylic acids is 1. The van der Waals surface area contributed by atoms with E-state index < -0.39 is 42.1 Å². The van der Waals surface area contributed by atoms with Crippen molar-refractivity contribution in [3.8, 4) is 17.0 Å². The highest BCUT2D eigenvalue weighted by Gasteiger charge is 2.26. The van der Waals surface area contributed by atoms with Crippen LogP contribution in [-0.4, -0.2) is 21.0 Å². The quantitative estimate of drug-likeness (QED) is 0.545. The summed E-state index contributed by atoms with van der Waals surface area (Å²) in [4.78, 5) is 18.9. The summed E-state index contributed by atoms with van der Waals surface area (Å²) in [6.45, 7) is 0. The largest absolute Gasteiger partial charge is 0.478 e. The van der Waals surface area contributed by atoms with Crippen molar-refractivity contribution >= 4 is 5.97 Å². The van der Waals surface area contributed by atoms with Crippen LogP contribution in [0.15, 0.2) is 60.8 Å². The minimum atomic E-state index is -3.08. The van der Waals surface area contributed by atoms with Crippen molar-refractivity contribution < 1.29 is 32.2 Å². The Labute approximate surface area is 162 Å². The molecule has 0 saturated heterocycles. The van der Waals surface area contributed by atoms with Gasteiger partial charge in [0.05, 0.1) is 5.69 Å². The van der Waals surface area contributed by atoms with Crippen LogP contribution in [0.25, 0.3) is 11.3 Å². The zero-order chi connectivity index (χ0) is 21.0. The summed E-state index contributed by atoms with van der Waals surface area (Å²) in [5.41, 5.74) is -0.872. The average molecular weight is 406 g/mol. The summed E-state index contributed by atoms with van der Waals surface area (Å²) in [6.07, 6.45) is -6.30. The number of aliphatic carboxylic acids is 1. The third-order valence-electron chi connectivity index (χ3n) is 3.96. The second-order valence-electron chi connectivity index (χ2n) is 5.90. The molecule has 0 saturated carbocycles. The fraction of sp³-hybridized carbons (Fsp3) is 0.150. The van der Waals surface area contributed by atoms with Gasteiger partial charge in [-0.2, -0.15) is 0 Å². The Morgan fingerprint density at radius 1 is 0.966 bits per heavy atom. The number of carboxylic acid groups (broad SMARTS) is 1. The van der Waals surface area contributed by atoms with Gasteiger partial charge in [0.25, 0.3) is 12.9 Å². The second kappa shape index (κ2) is 8.68. The predicted molar refractivity (Wildman–Crippen MR) is 94.8 cm³/mol. The van der Waals surface area contributed by atoms with E-state index in [0.29, 0.717) is 0 Å². The first-order valence-electron chi connectivity index (χ1n) is 8.34. The highest BCUT2D eigenvalue weighted by molar-refractivity contribution is 5.75. The molecule has 0 bridgehead atoms. The van der Waals surface area contributed by atoms with Crippen LogP contribution in [-0.2, 0) is 4.79 Å². The van der Waals surface area contributed by atoms with Crippen LogP contribution in [0.4, 0.5) is 17.6 Å². The molecular weight excluding hydrogens is 392 g/mol. The average Bonchev–Trinajstić information content (AvgIpc) is 2.72. The molecule has 3 aromatic rings. The molecule has 9 heteroatoms. The molecule has 1 atom stereocenters. The second-order valence-corrected chi connectivity index (χ2v) is 5.90. The normalized spacial score (nSPS) is 12.2. The molecule has 2 heterocycles. The molecule has 2 aromatic heterocycles. The Morgan fingerprint density at radius 3 is 2.31 bits per heavy atom. The SMILES string of the molecule is O=C(O)[C@@H](Oc1ccc(-c2ccnc(C(F)F)c2)nc1C(F)F)c1ccccc1. The number of ether oxygens (including phenoxy) is 1. The Hall–Kier alpha value is -3.49. The highest BCUT2D eigenvalue weighted by Crippen LogP contribution is 2.33. The van der Waals surface area contributed by atoms with Crippen LogP contribution in [0.3, 0.4) is 0 Å². The summed E-state index contributed by atoms with van der Waals surface area (Å²) in [6, 6.07) is 12.7. The van der Waals surface area contributed by atoms with E-state index in [1.54, 1.807) is 18.2 Å². The molecular formula is C20H14F4N2O3. The summed E-state index contributed by atoms with van der Waals surface area (Å²) in [5, 5.41) is 9.42. The molecule has 5 nitrogen and oxygen atoms in total. The van der Waals surface area contributed by atoms with Crippen LogP contribution < -0.4 is 4.74 Å². The van der Waals surface area contributed by atoms with Crippen molar-refractivity contribution in [3.63, 3.8) is 0 Å². The lowest BCUT2D eigenvalue weighted by molar-refractivity contribution is -0.145. The number of aromatic nitrogens is 2. The van der Waals surface area contributed by atoms with E-state index in [0.717, 1.165) is 18.3 Å². The number of hydrogen-bond donors (Lipinski definition) is 1. The van der Waals surface area contributed by atoms with Crippen molar-refractivity contribution in [2.75, 3.05) is 0 Å². The van der Waals surface area contributed by atoms with Gasteiger partial charge in [-0.1, -0.05) is 30.3 Å². The topological polar surface area (TPSA) is 72.3 Å². The van der Waals surface area contributed by atoms with E-state index in [1.165, 1.54) is 24.3 Å². The fourth-order valence-electron chi connectivity index (χ4n) is 2.62. The van der Waals surface area contributed by atoms with Crippen molar-refractivity contribution in [1.29, 1.82) is 0 Å². The molecule has 1 aromatic carbocycles. The number of carbonyl (C=O) groups is 1. The molecule has 0 spiro atoms. The lowest BCUT2D eigenvalue weighted by Crippen LogP contribution is -2.19. The van der Waals surface area contributed by atoms with E-state index in [2.05, 4.69) is 9.97 Å². The summed E-state index contributed by atoms with van der Waals surface area (Å²) in [7, 11) is 0. The maximum atomic E-state index is 13.6. The number of nitrogens with zero attached hydrogens (tertiary/aromatic N) is 2. The van der Waals surface area contributed by atoms with Crippen LogP contribution >= 0.6 is 0 Å². The van der Waals surface area contributed by atoms with Gasteiger partial charge in [-0.3, -0.25) is 4.98 Å². The van der Waals surface area contributed by atoms with E-state index in [1.807, 2.05) is 0 Å². The first-order chi connectivity index (χ1) is 13.9. The number of alkyl halides is 4. The van der Waals surface area contributed by atoms with Crippen LogP contribution in [0, 0.1) is 0 Å². The van der Waals surface area contributed by atoms with Gasteiger partial charge in [-0.25, -0.2) is 27.3 Å². The first kappa shape index (κ1) is 20.2. The van der Waals surface area contributed by atoms with Gasteiger partial charge in [0, 0.05) is 17.3 Å². The molecule has 0 aliphatic carbocycles. The zero-order valence-electron chi connectivity index (χ0n) is 14.7. The molecule has 150 valence electrons. The van der Waals surface area contributed by atoms with Gasteiger partial charge in [-0.05, 0) is 24.3 Å². The number of hydrogen-bond acceptors (Lipinski definition) is 4. The zero-order valence-corrected chi connectivity index (χ0v) is 14.7. The van der Waals surface area contributed by atoms with Crippen LogP contribution in [0.5, 0.6) is 5.75 Å². The maximum Gasteiger partial charge on any atom is 0.349 e. The molecule has 29 heavy (non-hydrogen) atoms. The summed E-state index contributed by atoms with van der Waals surface area (Å²) in [5.74, 6) is -1.78. The predicted octanol–water partition coefficient (Wildman–Crippen LogP) is 5.22. The molecule has 0 fully saturated rings. The Balaban J connectivity index is 1.98. The third-order valence-corrected chi connectivity index (χ3v) is 3.96. The molecule has 0 amide bonds. The molecule has 3 rings (SSSR count). The molecule has 0 aliphatic rings. The van der Waals surface area contributed by atoms with Gasteiger partial charge >= 0.3 is 5.97 Å². The number of pyridine rings is 2. The van der Waals surface area contributed by atoms with Gasteiger partial charge in [0.15, 0.2) is 0 Å². The summed E-state index contributed by atoms with van der Waals surface area (Å²) >= 11 is 0. The lowest BCUT2D eigenvalue weighted by atomic mass is 10.1. The van der Waals surface area contributed by atoms with E-state index >= 15 is 0 Å². The third kappa shape index (κ3) is 4.68. The lowest BCUT2D eigenvalue weighted by Gasteiger charge is -2.18. The number of halogens is 4. The molecule has 0 radical (unpaired) electrons. The van der Waals surface area contributed by atoms with E-state index in [9.17, 15) is 27.5 Å². The van der Waals surface area contributed by atoms with Crippen molar-refractivity contribution in [2.24, 2.45) is 0 Å². The maximum absolute atomic E-state index is 13.6. The smallest absolute Gasteiger partial charge is 0.349 e. The van der Waals surface area contributed by atoms with Crippen LogP contribution in [0.2, 0.25) is 0 Å². The van der Waals surface area contributed by atoms with Crippen molar-refractivity contribution in [3.05, 3.63) is 77.7 Å². The highest BCUT2D eigenvalue weighted by atomic mass is 19.3. The van der Waals surface area contributed by atoms with Gasteiger partial charge in [-0.15, -0.1) is 0 Å². The van der Waals surface area contributed by atoms with E-state index in [4.69, 9.17) is 4.74 Å². The van der Waals surface area contributed by atoms with Crippen molar-refractivity contribution in [1.82, 2.24) is 9.97 Å². The Morgan fingerprint density at radius 2 is 1.69 bits per heavy atom. The fourth-order valence-corrected chi connectivity index (χ4v) is 2.62. The minimum absolute atomic E-state index is 0.00327. The summed E-state index contributed by atoms with van der Waals surface area (Å²) < 4.78 is 58.1. The van der Waals surface area contributed by atoms with Gasteiger partial charge < -0.3 is 9.84 Å². The van der Waals surface area contributed by atoms with Crippen LogP contribution in [0.1, 0.15) is 35.9 Å². The molecule has 0 aliphatic heterocycles.